The number of halogens is 10. The predicted molar refractivity (Wildman–Crippen MR) is 127 cm³/mol. The number of ether oxygens (including phenoxy) is 3. The van der Waals surface area contributed by atoms with Crippen LogP contribution in [0.5, 0.6) is 0 Å². The zero-order valence-corrected chi connectivity index (χ0v) is 22.6. The van der Waals surface area contributed by atoms with E-state index in [1.807, 2.05) is 0 Å². The molecule has 0 spiro atoms. The highest BCUT2D eigenvalue weighted by molar-refractivity contribution is 5.76. The molecule has 2 aromatic carbocycles. The average molecular weight is 636 g/mol. The zero-order valence-electron chi connectivity index (χ0n) is 22.6. The summed E-state index contributed by atoms with van der Waals surface area (Å²) in [6, 6.07) is 0. The fourth-order valence-corrected chi connectivity index (χ4v) is 3.43. The quantitative estimate of drug-likeness (QED) is 0.0925. The SMILES string of the molecule is CC(C)OC(OCCNC(=O)CCc1c(F)c(F)c(F)c(F)c1F)OCCNC(=O)CCc1c(F)c(F)c(F)c(F)c1F. The summed E-state index contributed by atoms with van der Waals surface area (Å²) in [6.45, 7) is 1.15. The summed E-state index contributed by atoms with van der Waals surface area (Å²) in [6.07, 6.45) is -3.17. The molecule has 2 rings (SSSR count). The van der Waals surface area contributed by atoms with Crippen LogP contribution in [-0.4, -0.2) is 50.7 Å². The Balaban J connectivity index is 1.73. The molecular formula is C26H26F10N2O5. The Morgan fingerprint density at radius 2 is 0.860 bits per heavy atom. The summed E-state index contributed by atoms with van der Waals surface area (Å²) < 4.78 is 150. The molecule has 0 fully saturated rings. The van der Waals surface area contributed by atoms with E-state index in [0.717, 1.165) is 0 Å². The first-order valence-corrected chi connectivity index (χ1v) is 12.6. The van der Waals surface area contributed by atoms with Crippen LogP contribution in [0.4, 0.5) is 43.9 Å². The van der Waals surface area contributed by atoms with E-state index in [2.05, 4.69) is 10.6 Å². The van der Waals surface area contributed by atoms with Crippen molar-refractivity contribution in [2.24, 2.45) is 0 Å². The Morgan fingerprint density at radius 3 is 1.16 bits per heavy atom. The Bertz CT molecular complexity index is 1160. The van der Waals surface area contributed by atoms with E-state index in [-0.39, 0.29) is 26.3 Å². The Morgan fingerprint density at radius 1 is 0.558 bits per heavy atom. The maximum atomic E-state index is 13.7. The van der Waals surface area contributed by atoms with Crippen LogP contribution in [0.15, 0.2) is 0 Å². The maximum absolute atomic E-state index is 13.7. The van der Waals surface area contributed by atoms with Crippen LogP contribution in [-0.2, 0) is 36.6 Å². The summed E-state index contributed by atoms with van der Waals surface area (Å²) in [5.41, 5.74) is -2.27. The highest BCUT2D eigenvalue weighted by atomic mass is 19.2. The molecule has 0 heterocycles. The molecule has 0 bridgehead atoms. The largest absolute Gasteiger partial charge is 0.354 e. The van der Waals surface area contributed by atoms with E-state index in [1.54, 1.807) is 13.8 Å². The highest BCUT2D eigenvalue weighted by Crippen LogP contribution is 2.25. The molecule has 0 unspecified atom stereocenters. The fourth-order valence-electron chi connectivity index (χ4n) is 3.43. The van der Waals surface area contributed by atoms with Crippen molar-refractivity contribution in [3.63, 3.8) is 0 Å². The van der Waals surface area contributed by atoms with Gasteiger partial charge in [0.1, 0.15) is 0 Å². The van der Waals surface area contributed by atoms with Gasteiger partial charge in [-0.25, -0.2) is 43.9 Å². The van der Waals surface area contributed by atoms with E-state index in [0.29, 0.717) is 0 Å². The first-order valence-electron chi connectivity index (χ1n) is 12.6. The number of nitrogens with one attached hydrogen (secondary N) is 2. The second-order valence-electron chi connectivity index (χ2n) is 9.01. The molecule has 0 aromatic heterocycles. The number of hydrogen-bond acceptors (Lipinski definition) is 5. The maximum Gasteiger partial charge on any atom is 0.271 e. The molecule has 2 amide bonds. The third-order valence-corrected chi connectivity index (χ3v) is 5.55. The van der Waals surface area contributed by atoms with Crippen LogP contribution in [0.3, 0.4) is 0 Å². The van der Waals surface area contributed by atoms with Gasteiger partial charge in [-0.05, 0) is 26.7 Å². The van der Waals surface area contributed by atoms with Crippen molar-refractivity contribution >= 4 is 11.8 Å². The molecule has 0 saturated carbocycles. The van der Waals surface area contributed by atoms with Crippen LogP contribution in [0, 0.1) is 58.2 Å². The van der Waals surface area contributed by atoms with Gasteiger partial charge in [-0.2, -0.15) is 0 Å². The minimum absolute atomic E-state index is 0.175. The number of rotatable bonds is 16. The molecule has 0 atom stereocenters. The number of carbonyl (C=O) groups excluding carboxylic acids is 2. The Labute approximate surface area is 238 Å². The molecular weight excluding hydrogens is 610 g/mol. The van der Waals surface area contributed by atoms with E-state index in [1.165, 1.54) is 0 Å². The van der Waals surface area contributed by atoms with Gasteiger partial charge in [0.15, 0.2) is 46.5 Å². The number of amides is 2. The lowest BCUT2D eigenvalue weighted by Gasteiger charge is -2.21. The van der Waals surface area contributed by atoms with Crippen molar-refractivity contribution < 1.29 is 67.7 Å². The molecule has 0 saturated heterocycles. The zero-order chi connectivity index (χ0) is 32.4. The molecule has 2 N–H and O–H groups in total. The van der Waals surface area contributed by atoms with Crippen molar-refractivity contribution in [1.29, 1.82) is 0 Å². The number of carbonyl (C=O) groups is 2. The smallest absolute Gasteiger partial charge is 0.271 e. The Hall–Kier alpha value is -3.44. The van der Waals surface area contributed by atoms with E-state index < -0.39 is 119 Å². The second-order valence-corrected chi connectivity index (χ2v) is 9.01. The van der Waals surface area contributed by atoms with Gasteiger partial charge in [0, 0.05) is 37.1 Å². The van der Waals surface area contributed by atoms with Gasteiger partial charge in [-0.3, -0.25) is 9.59 Å². The average Bonchev–Trinajstić information content (AvgIpc) is 2.96. The predicted octanol–water partition coefficient (Wildman–Crippen LogP) is 4.62. The third kappa shape index (κ3) is 9.79. The van der Waals surface area contributed by atoms with Crippen molar-refractivity contribution in [2.45, 2.75) is 52.1 Å². The van der Waals surface area contributed by atoms with Crippen LogP contribution >= 0.6 is 0 Å². The molecule has 240 valence electrons. The molecule has 7 nitrogen and oxygen atoms in total. The van der Waals surface area contributed by atoms with Gasteiger partial charge in [0.05, 0.1) is 19.3 Å². The van der Waals surface area contributed by atoms with Crippen LogP contribution in [0.2, 0.25) is 0 Å². The van der Waals surface area contributed by atoms with Gasteiger partial charge >= 0.3 is 0 Å². The lowest BCUT2D eigenvalue weighted by molar-refractivity contribution is -0.298. The lowest BCUT2D eigenvalue weighted by Crippen LogP contribution is -2.34. The van der Waals surface area contributed by atoms with Gasteiger partial charge in [-0.1, -0.05) is 0 Å². The van der Waals surface area contributed by atoms with Crippen LogP contribution < -0.4 is 10.6 Å². The van der Waals surface area contributed by atoms with E-state index >= 15 is 0 Å². The minimum atomic E-state index is -2.31. The first kappa shape index (κ1) is 35.8. The summed E-state index contributed by atoms with van der Waals surface area (Å²) >= 11 is 0. The van der Waals surface area contributed by atoms with Crippen LogP contribution in [0.25, 0.3) is 0 Å². The molecule has 0 radical (unpaired) electrons. The standard InChI is InChI=1S/C26H26F10N2O5/c1-11(2)43-26(41-9-7-37-14(39)5-3-12-16(27)20(31)24(35)21(32)17(12)28)42-10-8-38-15(40)6-4-13-18(29)22(33)25(36)23(34)19(13)30/h11,26H,3-10H2,1-2H3,(H,37,39)(H,38,40). The molecule has 0 aliphatic rings. The molecule has 43 heavy (non-hydrogen) atoms. The monoisotopic (exact) mass is 636 g/mol. The van der Waals surface area contributed by atoms with Crippen LogP contribution in [0.1, 0.15) is 37.8 Å². The fraction of sp³-hybridized carbons (Fsp3) is 0.462. The molecule has 0 aliphatic heterocycles. The number of hydrogen-bond donors (Lipinski definition) is 2. The first-order chi connectivity index (χ1) is 20.2. The number of benzene rings is 2. The summed E-state index contributed by atoms with van der Waals surface area (Å²) in [5.74, 6) is -22.8. The summed E-state index contributed by atoms with van der Waals surface area (Å²) in [7, 11) is 0. The van der Waals surface area contributed by atoms with Crippen molar-refractivity contribution in [3.05, 3.63) is 69.3 Å². The van der Waals surface area contributed by atoms with Crippen molar-refractivity contribution in [3.8, 4) is 0 Å². The minimum Gasteiger partial charge on any atom is -0.354 e. The van der Waals surface area contributed by atoms with Gasteiger partial charge < -0.3 is 24.8 Å². The van der Waals surface area contributed by atoms with Gasteiger partial charge in [0.2, 0.25) is 23.4 Å². The van der Waals surface area contributed by atoms with E-state index in [9.17, 15) is 53.5 Å². The molecule has 17 heteroatoms. The molecule has 0 aliphatic carbocycles. The van der Waals surface area contributed by atoms with Gasteiger partial charge in [-0.15, -0.1) is 0 Å². The third-order valence-electron chi connectivity index (χ3n) is 5.55. The topological polar surface area (TPSA) is 85.9 Å². The Kier molecular flexibility index (Phi) is 13.7. The normalized spacial score (nSPS) is 11.5. The summed E-state index contributed by atoms with van der Waals surface area (Å²) in [5, 5.41) is 4.62. The highest BCUT2D eigenvalue weighted by Gasteiger charge is 2.27. The lowest BCUT2D eigenvalue weighted by atomic mass is 10.1. The summed E-state index contributed by atoms with van der Waals surface area (Å²) in [4.78, 5) is 23.9. The second kappa shape index (κ2) is 16.4. The van der Waals surface area contributed by atoms with Gasteiger partial charge in [0.25, 0.3) is 6.48 Å². The molecule has 2 aromatic rings. The van der Waals surface area contributed by atoms with E-state index in [4.69, 9.17) is 14.2 Å². The van der Waals surface area contributed by atoms with Crippen molar-refractivity contribution in [2.75, 3.05) is 26.3 Å². The van der Waals surface area contributed by atoms with Crippen molar-refractivity contribution in [1.82, 2.24) is 10.6 Å².